The Balaban J connectivity index is 3.02. The first-order chi connectivity index (χ1) is 5.27. The predicted octanol–water partition coefficient (Wildman–Crippen LogP) is 1.06. The van der Waals surface area contributed by atoms with Gasteiger partial charge in [-0.25, -0.2) is 4.98 Å². The Morgan fingerprint density at radius 3 is 2.82 bits per heavy atom. The van der Waals surface area contributed by atoms with Gasteiger partial charge in [-0.1, -0.05) is 0 Å². The minimum absolute atomic E-state index is 0.0863. The lowest BCUT2D eigenvalue weighted by molar-refractivity contribution is -0.0135. The summed E-state index contributed by atoms with van der Waals surface area (Å²) in [5.74, 6) is -0.114. The van der Waals surface area contributed by atoms with E-state index >= 15 is 0 Å². The van der Waals surface area contributed by atoms with Crippen LogP contribution in [0.4, 0.5) is 4.53 Å². The second kappa shape index (κ2) is 3.14. The van der Waals surface area contributed by atoms with Crippen molar-refractivity contribution in [3.63, 3.8) is 0 Å². The standard InChI is InChI=1S/C6H7FN2O2/c1-4-3-8-6(10-2)9-5(4)11-7/h3H,1-2H3. The number of nitrogens with zero attached hydrogens (tertiary/aromatic N) is 2. The van der Waals surface area contributed by atoms with Gasteiger partial charge in [0.2, 0.25) is 0 Å². The molecule has 0 aliphatic heterocycles. The summed E-state index contributed by atoms with van der Waals surface area (Å²) < 4.78 is 16.3. The molecular weight excluding hydrogens is 151 g/mol. The van der Waals surface area contributed by atoms with Crippen molar-refractivity contribution in [2.24, 2.45) is 0 Å². The van der Waals surface area contributed by atoms with Gasteiger partial charge in [0.25, 0.3) is 5.88 Å². The zero-order chi connectivity index (χ0) is 8.27. The van der Waals surface area contributed by atoms with Gasteiger partial charge in [-0.3, -0.25) is 4.94 Å². The van der Waals surface area contributed by atoms with E-state index in [-0.39, 0.29) is 11.9 Å². The van der Waals surface area contributed by atoms with Crippen LogP contribution in [0.1, 0.15) is 5.56 Å². The zero-order valence-electron chi connectivity index (χ0n) is 6.17. The molecule has 0 unspecified atom stereocenters. The maximum Gasteiger partial charge on any atom is 0.319 e. The van der Waals surface area contributed by atoms with Gasteiger partial charge in [-0.05, 0) is 6.92 Å². The summed E-state index contributed by atoms with van der Waals surface area (Å²) in [4.78, 5) is 10.8. The van der Waals surface area contributed by atoms with Crippen LogP contribution in [0.3, 0.4) is 0 Å². The second-order valence-corrected chi connectivity index (χ2v) is 1.92. The summed E-state index contributed by atoms with van der Waals surface area (Å²) in [5, 5.41) is 0. The number of methoxy groups -OCH3 is 1. The molecule has 4 nitrogen and oxygen atoms in total. The van der Waals surface area contributed by atoms with Crippen molar-refractivity contribution < 1.29 is 14.2 Å². The smallest absolute Gasteiger partial charge is 0.319 e. The fourth-order valence-corrected chi connectivity index (χ4v) is 0.588. The molecule has 1 heterocycles. The summed E-state index contributed by atoms with van der Waals surface area (Å²) in [6.07, 6.45) is 1.42. The van der Waals surface area contributed by atoms with Crippen LogP contribution in [0.2, 0.25) is 0 Å². The Morgan fingerprint density at radius 2 is 2.27 bits per heavy atom. The van der Waals surface area contributed by atoms with E-state index < -0.39 is 0 Å². The highest BCUT2D eigenvalue weighted by Gasteiger charge is 2.04. The molecule has 0 radical (unpaired) electrons. The highest BCUT2D eigenvalue weighted by molar-refractivity contribution is 5.22. The molecule has 0 saturated carbocycles. The van der Waals surface area contributed by atoms with Crippen molar-refractivity contribution in [1.82, 2.24) is 9.97 Å². The zero-order valence-corrected chi connectivity index (χ0v) is 6.17. The van der Waals surface area contributed by atoms with Crippen LogP contribution >= 0.6 is 0 Å². The van der Waals surface area contributed by atoms with Crippen LogP contribution in [0.15, 0.2) is 6.20 Å². The van der Waals surface area contributed by atoms with Gasteiger partial charge >= 0.3 is 6.01 Å². The lowest BCUT2D eigenvalue weighted by Crippen LogP contribution is -1.94. The van der Waals surface area contributed by atoms with E-state index in [1.54, 1.807) is 6.92 Å². The summed E-state index contributed by atoms with van der Waals surface area (Å²) in [6, 6.07) is 0.0863. The SMILES string of the molecule is COc1ncc(C)c(OF)n1. The molecule has 0 aliphatic rings. The molecule has 0 aromatic carbocycles. The number of hydrogen-bond donors (Lipinski definition) is 0. The van der Waals surface area contributed by atoms with Crippen LogP contribution in [0.25, 0.3) is 0 Å². The Kier molecular flexibility index (Phi) is 2.20. The third-order valence-electron chi connectivity index (χ3n) is 1.16. The molecule has 0 N–H and O–H groups in total. The number of hydrogen-bond acceptors (Lipinski definition) is 4. The van der Waals surface area contributed by atoms with Crippen molar-refractivity contribution >= 4 is 0 Å². The van der Waals surface area contributed by atoms with Crippen molar-refractivity contribution in [1.29, 1.82) is 0 Å². The summed E-state index contributed by atoms with van der Waals surface area (Å²) in [7, 11) is 1.40. The molecule has 1 aromatic rings. The number of aromatic nitrogens is 2. The van der Waals surface area contributed by atoms with Crippen LogP contribution in [0.5, 0.6) is 11.9 Å². The van der Waals surface area contributed by atoms with Crippen molar-refractivity contribution in [3.05, 3.63) is 11.8 Å². The van der Waals surface area contributed by atoms with Gasteiger partial charge in [-0.2, -0.15) is 4.98 Å². The van der Waals surface area contributed by atoms with Gasteiger partial charge in [0.05, 0.1) is 7.11 Å². The Hall–Kier alpha value is -1.39. The highest BCUT2D eigenvalue weighted by atomic mass is 19.3. The van der Waals surface area contributed by atoms with Crippen LogP contribution in [-0.2, 0) is 0 Å². The van der Waals surface area contributed by atoms with Gasteiger partial charge in [0.15, 0.2) is 0 Å². The van der Waals surface area contributed by atoms with Crippen LogP contribution in [-0.4, -0.2) is 17.1 Å². The van der Waals surface area contributed by atoms with Gasteiger partial charge in [-0.15, -0.1) is 0 Å². The Morgan fingerprint density at radius 1 is 1.55 bits per heavy atom. The number of halogens is 1. The average Bonchev–Trinajstić information content (AvgIpc) is 2.05. The third-order valence-corrected chi connectivity index (χ3v) is 1.16. The van der Waals surface area contributed by atoms with Crippen molar-refractivity contribution in [2.75, 3.05) is 7.11 Å². The van der Waals surface area contributed by atoms with Gasteiger partial charge in [0, 0.05) is 16.3 Å². The van der Waals surface area contributed by atoms with Crippen molar-refractivity contribution in [2.45, 2.75) is 6.92 Å². The van der Waals surface area contributed by atoms with E-state index in [1.807, 2.05) is 0 Å². The monoisotopic (exact) mass is 158 g/mol. The largest absolute Gasteiger partial charge is 0.467 e. The Bertz CT molecular complexity index is 254. The Labute approximate surface area is 62.9 Å². The van der Waals surface area contributed by atoms with E-state index in [0.29, 0.717) is 5.56 Å². The quantitative estimate of drug-likeness (QED) is 0.645. The lowest BCUT2D eigenvalue weighted by Gasteiger charge is -1.99. The van der Waals surface area contributed by atoms with E-state index in [2.05, 4.69) is 19.6 Å². The molecule has 1 rings (SSSR count). The first-order valence-electron chi connectivity index (χ1n) is 2.94. The average molecular weight is 158 g/mol. The molecule has 0 fully saturated rings. The summed E-state index contributed by atoms with van der Waals surface area (Å²) in [6.45, 7) is 1.63. The van der Waals surface area contributed by atoms with E-state index in [0.717, 1.165) is 0 Å². The van der Waals surface area contributed by atoms with Gasteiger partial charge in [0.1, 0.15) is 0 Å². The minimum Gasteiger partial charge on any atom is -0.467 e. The molecule has 0 saturated heterocycles. The molecule has 1 aromatic heterocycles. The highest BCUT2D eigenvalue weighted by Crippen LogP contribution is 2.15. The summed E-state index contributed by atoms with van der Waals surface area (Å²) >= 11 is 0. The number of rotatable bonds is 2. The summed E-state index contributed by atoms with van der Waals surface area (Å²) in [5.41, 5.74) is 0.522. The van der Waals surface area contributed by atoms with E-state index in [4.69, 9.17) is 0 Å². The first kappa shape index (κ1) is 7.71. The molecule has 0 atom stereocenters. The number of ether oxygens (including phenoxy) is 1. The molecular formula is C6H7FN2O2. The number of aryl methyl sites for hydroxylation is 1. The molecule has 11 heavy (non-hydrogen) atoms. The van der Waals surface area contributed by atoms with E-state index in [1.165, 1.54) is 13.3 Å². The molecule has 0 aliphatic carbocycles. The molecule has 60 valence electrons. The first-order valence-corrected chi connectivity index (χ1v) is 2.94. The second-order valence-electron chi connectivity index (χ2n) is 1.92. The molecule has 5 heteroatoms. The van der Waals surface area contributed by atoms with Crippen LogP contribution < -0.4 is 9.68 Å². The maximum atomic E-state index is 11.7. The molecule has 0 spiro atoms. The van der Waals surface area contributed by atoms with Crippen LogP contribution in [0, 0.1) is 6.92 Å². The molecule has 0 amide bonds. The maximum absolute atomic E-state index is 11.7. The van der Waals surface area contributed by atoms with E-state index in [9.17, 15) is 4.53 Å². The predicted molar refractivity (Wildman–Crippen MR) is 35.1 cm³/mol. The topological polar surface area (TPSA) is 44.2 Å². The van der Waals surface area contributed by atoms with Crippen molar-refractivity contribution in [3.8, 4) is 11.9 Å². The fourth-order valence-electron chi connectivity index (χ4n) is 0.588. The van der Waals surface area contributed by atoms with Gasteiger partial charge < -0.3 is 4.74 Å². The normalized spacial score (nSPS) is 9.36. The molecule has 0 bridgehead atoms. The fraction of sp³-hybridized carbons (Fsp3) is 0.333. The third kappa shape index (κ3) is 1.54. The minimum atomic E-state index is -0.114. The lowest BCUT2D eigenvalue weighted by atomic mass is 10.4.